The van der Waals surface area contributed by atoms with E-state index in [1.165, 1.54) is 0 Å². The van der Waals surface area contributed by atoms with Gasteiger partial charge in [-0.1, -0.05) is 19.1 Å². The van der Waals surface area contributed by atoms with Crippen molar-refractivity contribution in [3.8, 4) is 0 Å². The van der Waals surface area contributed by atoms with Crippen LogP contribution in [0.15, 0.2) is 45.5 Å². The Hall–Kier alpha value is -1.59. The molecule has 0 fully saturated rings. The molecule has 20 heavy (non-hydrogen) atoms. The van der Waals surface area contributed by atoms with Crippen LogP contribution >= 0.6 is 15.9 Å². The third-order valence-electron chi connectivity index (χ3n) is 3.32. The first-order chi connectivity index (χ1) is 9.70. The molecule has 1 N–H and O–H groups in total. The van der Waals surface area contributed by atoms with Crippen molar-refractivity contribution < 1.29 is 4.42 Å². The maximum absolute atomic E-state index is 6.03. The Bertz CT molecular complexity index is 732. The number of aromatic nitrogens is 2. The van der Waals surface area contributed by atoms with Crippen LogP contribution in [0.5, 0.6) is 0 Å². The summed E-state index contributed by atoms with van der Waals surface area (Å²) in [5.74, 6) is 1.82. The van der Waals surface area contributed by atoms with Gasteiger partial charge in [0.25, 0.3) is 0 Å². The summed E-state index contributed by atoms with van der Waals surface area (Å²) in [5.41, 5.74) is 0.875. The fraction of sp³-hybridized carbons (Fsp3) is 0.267. The van der Waals surface area contributed by atoms with Crippen molar-refractivity contribution in [1.29, 1.82) is 0 Å². The van der Waals surface area contributed by atoms with Crippen molar-refractivity contribution in [3.63, 3.8) is 0 Å². The van der Waals surface area contributed by atoms with Gasteiger partial charge in [-0.15, -0.1) is 0 Å². The third kappa shape index (κ3) is 2.27. The minimum Gasteiger partial charge on any atom is -0.458 e. The van der Waals surface area contributed by atoms with Crippen LogP contribution in [0.4, 0.5) is 0 Å². The van der Waals surface area contributed by atoms with Crippen LogP contribution in [0.25, 0.3) is 11.0 Å². The molecule has 3 aromatic rings. The molecule has 0 aliphatic heterocycles. The van der Waals surface area contributed by atoms with Gasteiger partial charge in [-0.2, -0.15) is 0 Å². The van der Waals surface area contributed by atoms with E-state index in [0.717, 1.165) is 33.6 Å². The minimum atomic E-state index is -0.0423. The summed E-state index contributed by atoms with van der Waals surface area (Å²) in [5, 5.41) is 4.52. The maximum atomic E-state index is 6.03. The van der Waals surface area contributed by atoms with Crippen LogP contribution in [0.2, 0.25) is 0 Å². The molecular weight excluding hydrogens is 318 g/mol. The van der Waals surface area contributed by atoms with Gasteiger partial charge in [-0.3, -0.25) is 0 Å². The van der Waals surface area contributed by atoms with Gasteiger partial charge in [-0.25, -0.2) is 4.98 Å². The van der Waals surface area contributed by atoms with E-state index in [-0.39, 0.29) is 6.04 Å². The highest BCUT2D eigenvalue weighted by molar-refractivity contribution is 9.10. The number of para-hydroxylation sites is 1. The summed E-state index contributed by atoms with van der Waals surface area (Å²) in [4.78, 5) is 4.43. The van der Waals surface area contributed by atoms with Crippen LogP contribution in [-0.4, -0.2) is 16.1 Å². The van der Waals surface area contributed by atoms with E-state index >= 15 is 0 Å². The number of hydrogen-bond donors (Lipinski definition) is 1. The van der Waals surface area contributed by atoms with Crippen molar-refractivity contribution in [3.05, 3.63) is 52.7 Å². The van der Waals surface area contributed by atoms with Crippen LogP contribution in [0.1, 0.15) is 24.6 Å². The molecule has 0 bridgehead atoms. The Morgan fingerprint density at radius 2 is 2.30 bits per heavy atom. The third-order valence-corrected chi connectivity index (χ3v) is 3.95. The largest absolute Gasteiger partial charge is 0.458 e. The van der Waals surface area contributed by atoms with E-state index in [1.54, 1.807) is 6.20 Å². The van der Waals surface area contributed by atoms with Crippen LogP contribution < -0.4 is 5.32 Å². The molecule has 0 radical (unpaired) electrons. The quantitative estimate of drug-likeness (QED) is 0.792. The molecule has 104 valence electrons. The molecule has 0 saturated carbocycles. The van der Waals surface area contributed by atoms with Crippen molar-refractivity contribution >= 4 is 26.9 Å². The van der Waals surface area contributed by atoms with Crippen molar-refractivity contribution in [2.75, 3.05) is 6.54 Å². The van der Waals surface area contributed by atoms with E-state index in [0.29, 0.717) is 0 Å². The van der Waals surface area contributed by atoms with Gasteiger partial charge in [0.2, 0.25) is 0 Å². The number of nitrogens with one attached hydrogen (secondary N) is 1. The topological polar surface area (TPSA) is 43.0 Å². The highest BCUT2D eigenvalue weighted by atomic mass is 79.9. The van der Waals surface area contributed by atoms with Crippen LogP contribution in [0, 0.1) is 0 Å². The summed E-state index contributed by atoms with van der Waals surface area (Å²) in [6.45, 7) is 2.92. The Kier molecular flexibility index (Phi) is 3.63. The number of benzene rings is 1. The minimum absolute atomic E-state index is 0.0423. The summed E-state index contributed by atoms with van der Waals surface area (Å²) >= 11 is 3.53. The molecule has 0 amide bonds. The lowest BCUT2D eigenvalue weighted by atomic mass is 10.2. The predicted octanol–water partition coefficient (Wildman–Crippen LogP) is 3.63. The molecule has 2 aromatic heterocycles. The zero-order valence-electron chi connectivity index (χ0n) is 11.4. The lowest BCUT2D eigenvalue weighted by Gasteiger charge is -2.15. The summed E-state index contributed by atoms with van der Waals surface area (Å²) in [6.07, 6.45) is 3.75. The molecule has 1 aromatic carbocycles. The normalized spacial score (nSPS) is 12.9. The number of fused-ring (bicyclic) bond motifs is 1. The molecule has 0 aliphatic carbocycles. The fourth-order valence-electron chi connectivity index (χ4n) is 2.37. The van der Waals surface area contributed by atoms with Gasteiger partial charge in [0, 0.05) is 24.8 Å². The highest BCUT2D eigenvalue weighted by Crippen LogP contribution is 2.31. The lowest BCUT2D eigenvalue weighted by Crippen LogP contribution is -2.24. The Labute approximate surface area is 125 Å². The number of nitrogens with zero attached hydrogens (tertiary/aromatic N) is 2. The van der Waals surface area contributed by atoms with Crippen molar-refractivity contribution in [2.24, 2.45) is 7.05 Å². The number of imidazole rings is 1. The second-order valence-corrected chi connectivity index (χ2v) is 5.55. The first-order valence-electron chi connectivity index (χ1n) is 6.59. The standard InChI is InChI=1S/C15H16BrN3O/c1-3-17-13(15-18-7-8-19(15)2)12-9-10-5-4-6-11(16)14(10)20-12/h4-9,13,17H,3H2,1-2H3. The molecule has 1 unspecified atom stereocenters. The fourth-order valence-corrected chi connectivity index (χ4v) is 2.83. The van der Waals surface area contributed by atoms with Gasteiger partial charge < -0.3 is 14.3 Å². The van der Waals surface area contributed by atoms with Crippen molar-refractivity contribution in [2.45, 2.75) is 13.0 Å². The predicted molar refractivity (Wildman–Crippen MR) is 82.6 cm³/mol. The molecule has 1 atom stereocenters. The second-order valence-electron chi connectivity index (χ2n) is 4.69. The molecule has 3 rings (SSSR count). The number of aryl methyl sites for hydroxylation is 1. The zero-order chi connectivity index (χ0) is 14.1. The number of furan rings is 1. The molecule has 4 nitrogen and oxygen atoms in total. The average Bonchev–Trinajstić information content (AvgIpc) is 3.03. The van der Waals surface area contributed by atoms with Gasteiger partial charge >= 0.3 is 0 Å². The maximum Gasteiger partial charge on any atom is 0.148 e. The lowest BCUT2D eigenvalue weighted by molar-refractivity contribution is 0.456. The number of rotatable bonds is 4. The SMILES string of the molecule is CCNC(c1cc2cccc(Br)c2o1)c1nccn1C. The molecule has 0 spiro atoms. The smallest absolute Gasteiger partial charge is 0.148 e. The van der Waals surface area contributed by atoms with Crippen LogP contribution in [0.3, 0.4) is 0 Å². The van der Waals surface area contributed by atoms with Gasteiger partial charge in [0.15, 0.2) is 0 Å². The number of hydrogen-bond acceptors (Lipinski definition) is 3. The van der Waals surface area contributed by atoms with Gasteiger partial charge in [0.05, 0.1) is 4.47 Å². The van der Waals surface area contributed by atoms with E-state index < -0.39 is 0 Å². The van der Waals surface area contributed by atoms with E-state index in [2.05, 4.69) is 45.3 Å². The zero-order valence-corrected chi connectivity index (χ0v) is 13.0. The Morgan fingerprint density at radius 1 is 1.45 bits per heavy atom. The van der Waals surface area contributed by atoms with Crippen molar-refractivity contribution in [1.82, 2.24) is 14.9 Å². The first-order valence-corrected chi connectivity index (χ1v) is 7.38. The van der Waals surface area contributed by atoms with Gasteiger partial charge in [0.1, 0.15) is 23.2 Å². The highest BCUT2D eigenvalue weighted by Gasteiger charge is 2.21. The summed E-state index contributed by atoms with van der Waals surface area (Å²) < 4.78 is 9.01. The summed E-state index contributed by atoms with van der Waals surface area (Å²) in [6, 6.07) is 8.07. The molecular formula is C15H16BrN3O. The molecule has 5 heteroatoms. The number of halogens is 1. The van der Waals surface area contributed by atoms with E-state index in [1.807, 2.05) is 29.9 Å². The monoisotopic (exact) mass is 333 g/mol. The van der Waals surface area contributed by atoms with Crippen LogP contribution in [-0.2, 0) is 7.05 Å². The average molecular weight is 334 g/mol. The molecule has 2 heterocycles. The van der Waals surface area contributed by atoms with E-state index in [4.69, 9.17) is 4.42 Å². The van der Waals surface area contributed by atoms with E-state index in [9.17, 15) is 0 Å². The molecule has 0 saturated heterocycles. The Morgan fingerprint density at radius 3 is 2.95 bits per heavy atom. The summed E-state index contributed by atoms with van der Waals surface area (Å²) in [7, 11) is 1.99. The van der Waals surface area contributed by atoms with Gasteiger partial charge in [-0.05, 0) is 34.6 Å². The second kappa shape index (κ2) is 5.42. The molecule has 0 aliphatic rings. The Balaban J connectivity index is 2.10. The first kappa shape index (κ1) is 13.4.